The van der Waals surface area contributed by atoms with Crippen LogP contribution in [-0.2, 0) is 4.79 Å². The van der Waals surface area contributed by atoms with Gasteiger partial charge in [0, 0.05) is 6.92 Å². The Bertz CT molecular complexity index is 162. The van der Waals surface area contributed by atoms with Gasteiger partial charge in [0.15, 0.2) is 0 Å². The van der Waals surface area contributed by atoms with Gasteiger partial charge in [0.25, 0.3) is 0 Å². The van der Waals surface area contributed by atoms with Gasteiger partial charge in [0.05, 0.1) is 18.8 Å². The number of hydrogen-bond acceptors (Lipinski definition) is 4. The molecule has 13 heavy (non-hydrogen) atoms. The maximum absolute atomic E-state index is 10.6. The van der Waals surface area contributed by atoms with Crippen molar-refractivity contribution in [1.29, 1.82) is 0 Å². The van der Waals surface area contributed by atoms with E-state index < -0.39 is 24.9 Å². The van der Waals surface area contributed by atoms with Gasteiger partial charge in [0.2, 0.25) is 5.91 Å². The minimum atomic E-state index is -1.13. The Labute approximate surface area is 77.4 Å². The van der Waals surface area contributed by atoms with Gasteiger partial charge in [0.1, 0.15) is 6.10 Å². The lowest BCUT2D eigenvalue weighted by atomic mass is 10.0. The number of aliphatic hydroxyl groups is 3. The number of aliphatic hydroxyl groups excluding tert-OH is 3. The summed E-state index contributed by atoms with van der Waals surface area (Å²) in [6, 6.07) is -0.799. The summed E-state index contributed by atoms with van der Waals surface area (Å²) in [6.45, 7) is 2.60. The van der Waals surface area contributed by atoms with E-state index in [1.165, 1.54) is 6.92 Å². The average Bonchev–Trinajstić information content (AvgIpc) is 2.11. The Hall–Kier alpha value is -0.650. The molecule has 0 spiro atoms. The molecule has 0 rings (SSSR count). The highest BCUT2D eigenvalue weighted by Gasteiger charge is 2.24. The number of rotatable bonds is 5. The third-order valence-corrected chi connectivity index (χ3v) is 1.81. The molecule has 0 aliphatic carbocycles. The molecule has 0 aromatic carbocycles. The van der Waals surface area contributed by atoms with Crippen LogP contribution >= 0.6 is 0 Å². The van der Waals surface area contributed by atoms with Crippen molar-refractivity contribution in [2.75, 3.05) is 6.61 Å². The van der Waals surface area contributed by atoms with E-state index in [2.05, 4.69) is 5.32 Å². The number of carbonyl (C=O) groups excluding carboxylic acids is 1. The van der Waals surface area contributed by atoms with Crippen molar-refractivity contribution < 1.29 is 20.1 Å². The maximum Gasteiger partial charge on any atom is 0.217 e. The van der Waals surface area contributed by atoms with Gasteiger partial charge in [-0.1, -0.05) is 6.92 Å². The molecule has 0 heterocycles. The smallest absolute Gasteiger partial charge is 0.217 e. The number of hydrogen-bond donors (Lipinski definition) is 4. The summed E-state index contributed by atoms with van der Waals surface area (Å²) in [6.07, 6.45) is -1.68. The summed E-state index contributed by atoms with van der Waals surface area (Å²) in [5.74, 6) is -0.346. The zero-order valence-electron chi connectivity index (χ0n) is 7.90. The summed E-state index contributed by atoms with van der Waals surface area (Å²) in [5, 5.41) is 29.8. The van der Waals surface area contributed by atoms with E-state index in [0.717, 1.165) is 0 Å². The third kappa shape index (κ3) is 4.21. The largest absolute Gasteiger partial charge is 0.394 e. The first-order valence-electron chi connectivity index (χ1n) is 4.27. The molecular weight excluding hydrogens is 174 g/mol. The number of carbonyl (C=O) groups is 1. The molecule has 5 heteroatoms. The van der Waals surface area contributed by atoms with Gasteiger partial charge in [-0.15, -0.1) is 0 Å². The van der Waals surface area contributed by atoms with Crippen LogP contribution < -0.4 is 5.32 Å². The Morgan fingerprint density at radius 1 is 1.46 bits per heavy atom. The highest BCUT2D eigenvalue weighted by molar-refractivity contribution is 5.73. The Balaban J connectivity index is 4.13. The summed E-state index contributed by atoms with van der Waals surface area (Å²) >= 11 is 0. The lowest BCUT2D eigenvalue weighted by Crippen LogP contribution is -2.49. The van der Waals surface area contributed by atoms with Gasteiger partial charge < -0.3 is 20.6 Å². The summed E-state index contributed by atoms with van der Waals surface area (Å²) in [4.78, 5) is 10.6. The SMILES string of the molecule is CC[C@@H](O)[C@@H](O)[C@H](CO)NC(C)=O. The minimum Gasteiger partial charge on any atom is -0.394 e. The molecule has 0 unspecified atom stereocenters. The molecule has 4 N–H and O–H groups in total. The van der Waals surface area contributed by atoms with Gasteiger partial charge in [-0.25, -0.2) is 0 Å². The molecule has 5 nitrogen and oxygen atoms in total. The van der Waals surface area contributed by atoms with E-state index >= 15 is 0 Å². The van der Waals surface area contributed by atoms with E-state index in [1.807, 2.05) is 0 Å². The second-order valence-electron chi connectivity index (χ2n) is 2.96. The minimum absolute atomic E-state index is 0.346. The average molecular weight is 191 g/mol. The van der Waals surface area contributed by atoms with Crippen molar-refractivity contribution in [3.05, 3.63) is 0 Å². The van der Waals surface area contributed by atoms with E-state index in [1.54, 1.807) is 6.92 Å². The van der Waals surface area contributed by atoms with Gasteiger partial charge >= 0.3 is 0 Å². The molecule has 0 fully saturated rings. The Kier molecular flexibility index (Phi) is 5.61. The molecule has 3 atom stereocenters. The standard InChI is InChI=1S/C8H17NO4/c1-3-7(12)8(13)6(4-10)9-5(2)11/h6-8,10,12-13H,3-4H2,1-2H3,(H,9,11)/t6-,7+,8-/m0/s1. The molecule has 0 aromatic heterocycles. The van der Waals surface area contributed by atoms with Crippen LogP contribution in [0.15, 0.2) is 0 Å². The quantitative estimate of drug-likeness (QED) is 0.431. The highest BCUT2D eigenvalue weighted by Crippen LogP contribution is 2.03. The highest BCUT2D eigenvalue weighted by atomic mass is 16.3. The summed E-state index contributed by atoms with van der Waals surface area (Å²) in [5.41, 5.74) is 0. The van der Waals surface area contributed by atoms with Crippen LogP contribution in [0.3, 0.4) is 0 Å². The second-order valence-corrected chi connectivity index (χ2v) is 2.96. The van der Waals surface area contributed by atoms with Gasteiger partial charge in [-0.2, -0.15) is 0 Å². The molecule has 0 aliphatic rings. The first-order valence-corrected chi connectivity index (χ1v) is 4.27. The van der Waals surface area contributed by atoms with Crippen molar-refractivity contribution in [3.63, 3.8) is 0 Å². The molecule has 1 amide bonds. The van der Waals surface area contributed by atoms with Crippen LogP contribution in [0.1, 0.15) is 20.3 Å². The normalized spacial score (nSPS) is 17.6. The molecule has 78 valence electrons. The first kappa shape index (κ1) is 12.3. The maximum atomic E-state index is 10.6. The van der Waals surface area contributed by atoms with Crippen molar-refractivity contribution in [2.24, 2.45) is 0 Å². The van der Waals surface area contributed by atoms with Crippen LogP contribution in [0.2, 0.25) is 0 Å². The zero-order valence-corrected chi connectivity index (χ0v) is 7.90. The zero-order chi connectivity index (χ0) is 10.4. The molecular formula is C8H17NO4. The second kappa shape index (κ2) is 5.90. The predicted octanol–water partition coefficient (Wildman–Crippen LogP) is -1.38. The van der Waals surface area contributed by atoms with Crippen LogP contribution in [0.4, 0.5) is 0 Å². The molecule has 0 aliphatic heterocycles. The fourth-order valence-corrected chi connectivity index (χ4v) is 1.01. The monoisotopic (exact) mass is 191 g/mol. The summed E-state index contributed by atoms with van der Waals surface area (Å²) in [7, 11) is 0. The third-order valence-electron chi connectivity index (χ3n) is 1.81. The van der Waals surface area contributed by atoms with Crippen molar-refractivity contribution >= 4 is 5.91 Å². The number of nitrogens with one attached hydrogen (secondary N) is 1. The van der Waals surface area contributed by atoms with Crippen molar-refractivity contribution in [3.8, 4) is 0 Å². The molecule has 0 bridgehead atoms. The van der Waals surface area contributed by atoms with E-state index in [9.17, 15) is 15.0 Å². The first-order chi connectivity index (χ1) is 6.02. The van der Waals surface area contributed by atoms with Crippen molar-refractivity contribution in [1.82, 2.24) is 5.32 Å². The van der Waals surface area contributed by atoms with E-state index in [-0.39, 0.29) is 5.91 Å². The van der Waals surface area contributed by atoms with Gasteiger partial charge in [-0.05, 0) is 6.42 Å². The van der Waals surface area contributed by atoms with Crippen LogP contribution in [0.25, 0.3) is 0 Å². The fourth-order valence-electron chi connectivity index (χ4n) is 1.01. The molecule has 0 saturated heterocycles. The predicted molar refractivity (Wildman–Crippen MR) is 47.0 cm³/mol. The number of amides is 1. The molecule has 0 saturated carbocycles. The van der Waals surface area contributed by atoms with Crippen LogP contribution in [0.5, 0.6) is 0 Å². The fraction of sp³-hybridized carbons (Fsp3) is 0.875. The Morgan fingerprint density at radius 2 is 2.00 bits per heavy atom. The van der Waals surface area contributed by atoms with Crippen LogP contribution in [0, 0.1) is 0 Å². The molecule has 0 aromatic rings. The summed E-state index contributed by atoms with van der Waals surface area (Å²) < 4.78 is 0. The van der Waals surface area contributed by atoms with E-state index in [0.29, 0.717) is 6.42 Å². The van der Waals surface area contributed by atoms with Crippen molar-refractivity contribution in [2.45, 2.75) is 38.5 Å². The van der Waals surface area contributed by atoms with Gasteiger partial charge in [-0.3, -0.25) is 4.79 Å². The Morgan fingerprint density at radius 3 is 2.31 bits per heavy atom. The lowest BCUT2D eigenvalue weighted by molar-refractivity contribution is -0.122. The lowest BCUT2D eigenvalue weighted by Gasteiger charge is -2.24. The molecule has 0 radical (unpaired) electrons. The van der Waals surface area contributed by atoms with Crippen LogP contribution in [-0.4, -0.2) is 46.1 Å². The van der Waals surface area contributed by atoms with E-state index in [4.69, 9.17) is 5.11 Å². The topological polar surface area (TPSA) is 89.8 Å².